The van der Waals surface area contributed by atoms with Crippen LogP contribution >= 0.6 is 11.6 Å². The zero-order chi connectivity index (χ0) is 17.2. The molecule has 0 fully saturated rings. The Morgan fingerprint density at radius 1 is 1.04 bits per heavy atom. The van der Waals surface area contributed by atoms with Crippen molar-refractivity contribution in [1.29, 1.82) is 0 Å². The van der Waals surface area contributed by atoms with Gasteiger partial charge >= 0.3 is 0 Å². The van der Waals surface area contributed by atoms with E-state index in [0.29, 0.717) is 10.6 Å². The summed E-state index contributed by atoms with van der Waals surface area (Å²) in [5, 5.41) is 1.76. The molecule has 121 valence electrons. The number of benzene rings is 2. The molecule has 0 amide bonds. The Balaban J connectivity index is 2.31. The molecule has 2 aromatic carbocycles. The number of ketones is 1. The van der Waals surface area contributed by atoms with Gasteiger partial charge in [-0.25, -0.2) is 0 Å². The molecule has 0 spiro atoms. The van der Waals surface area contributed by atoms with E-state index < -0.39 is 17.1 Å². The van der Waals surface area contributed by atoms with Crippen LogP contribution in [0.5, 0.6) is 5.75 Å². The third-order valence-electron chi connectivity index (χ3n) is 3.31. The van der Waals surface area contributed by atoms with Gasteiger partial charge in [0.1, 0.15) is 5.75 Å². The van der Waals surface area contributed by atoms with Crippen LogP contribution in [0.25, 0.3) is 0 Å². The van der Waals surface area contributed by atoms with E-state index in [9.17, 15) is 4.79 Å². The minimum Gasteiger partial charge on any atom is -0.544 e. The first-order chi connectivity index (χ1) is 10.7. The largest absolute Gasteiger partial charge is 0.544 e. The third-order valence-corrected chi connectivity index (χ3v) is 5.88. The third kappa shape index (κ3) is 4.80. The topological polar surface area (TPSA) is 26.3 Å². The Morgan fingerprint density at radius 2 is 1.65 bits per heavy atom. The molecule has 23 heavy (non-hydrogen) atoms. The second-order valence-corrected chi connectivity index (χ2v) is 14.2. The summed E-state index contributed by atoms with van der Waals surface area (Å²) in [6.45, 7) is 10.7. The molecule has 0 bridgehead atoms. The van der Waals surface area contributed by atoms with E-state index in [2.05, 4.69) is 32.7 Å². The number of hydrogen-bond donors (Lipinski definition) is 0. The average Bonchev–Trinajstić information content (AvgIpc) is 2.45. The van der Waals surface area contributed by atoms with Crippen molar-refractivity contribution in [3.8, 4) is 5.75 Å². The highest BCUT2D eigenvalue weighted by Gasteiger charge is 2.18. The first-order valence-electron chi connectivity index (χ1n) is 7.61. The Kier molecular flexibility index (Phi) is 5.50. The fourth-order valence-corrected chi connectivity index (χ4v) is 4.60. The second-order valence-electron chi connectivity index (χ2n) is 6.76. The molecule has 2 aromatic rings. The van der Waals surface area contributed by atoms with Gasteiger partial charge in [-0.15, -0.1) is 0 Å². The number of carbonyl (C=O) groups excluding carboxylic acids is 1. The molecule has 0 aliphatic rings. The summed E-state index contributed by atoms with van der Waals surface area (Å²) in [7, 11) is -2.40. The zero-order valence-corrected chi connectivity index (χ0v) is 17.0. The zero-order valence-electron chi connectivity index (χ0n) is 14.2. The lowest BCUT2D eigenvalue weighted by Crippen LogP contribution is -2.30. The fourth-order valence-electron chi connectivity index (χ4n) is 2.31. The SMILES string of the molecule is C[Si](C)c1cc(Cl)ccc1C(=O)c1ccc(O[Si](C)(C)C)cc1. The second kappa shape index (κ2) is 7.03. The molecule has 2 rings (SSSR count). The Morgan fingerprint density at radius 3 is 2.17 bits per heavy atom. The number of rotatable bonds is 5. The van der Waals surface area contributed by atoms with E-state index in [-0.39, 0.29) is 5.78 Å². The number of halogens is 1. The van der Waals surface area contributed by atoms with Crippen molar-refractivity contribution in [2.45, 2.75) is 32.7 Å². The van der Waals surface area contributed by atoms with Crippen LogP contribution in [0.4, 0.5) is 0 Å². The molecular weight excluding hydrogens is 340 g/mol. The predicted molar refractivity (Wildman–Crippen MR) is 102 cm³/mol. The van der Waals surface area contributed by atoms with Gasteiger partial charge in [0.15, 0.2) is 5.78 Å². The summed E-state index contributed by atoms with van der Waals surface area (Å²) >= 11 is 6.09. The highest BCUT2D eigenvalue weighted by molar-refractivity contribution is 6.72. The molecule has 0 saturated carbocycles. The van der Waals surface area contributed by atoms with E-state index >= 15 is 0 Å². The number of hydrogen-bond acceptors (Lipinski definition) is 2. The van der Waals surface area contributed by atoms with Crippen molar-refractivity contribution in [3.05, 3.63) is 58.6 Å². The van der Waals surface area contributed by atoms with Crippen molar-refractivity contribution < 1.29 is 9.22 Å². The summed E-state index contributed by atoms with van der Waals surface area (Å²) in [4.78, 5) is 12.8. The lowest BCUT2D eigenvalue weighted by molar-refractivity contribution is 0.104. The van der Waals surface area contributed by atoms with Crippen molar-refractivity contribution >= 4 is 39.7 Å². The van der Waals surface area contributed by atoms with Crippen LogP contribution in [0.1, 0.15) is 15.9 Å². The van der Waals surface area contributed by atoms with E-state index in [1.54, 1.807) is 6.07 Å². The molecular formula is C18H22ClO2Si2. The monoisotopic (exact) mass is 361 g/mol. The van der Waals surface area contributed by atoms with Crippen molar-refractivity contribution in [2.75, 3.05) is 0 Å². The maximum atomic E-state index is 12.8. The molecule has 0 N–H and O–H groups in total. The smallest absolute Gasteiger partial charge is 0.242 e. The van der Waals surface area contributed by atoms with Crippen LogP contribution in [-0.4, -0.2) is 22.9 Å². The Bertz CT molecular complexity index is 704. The first-order valence-corrected chi connectivity index (χ1v) is 13.9. The molecule has 0 atom stereocenters. The molecule has 0 aliphatic carbocycles. The maximum Gasteiger partial charge on any atom is 0.242 e. The standard InChI is InChI=1S/C18H22ClO2Si2/c1-22(2)17-12-14(19)8-11-16(17)18(20)13-6-9-15(10-7-13)21-23(3,4)5/h6-12H,1-5H3. The lowest BCUT2D eigenvalue weighted by Gasteiger charge is -2.19. The normalized spacial score (nSPS) is 11.6. The lowest BCUT2D eigenvalue weighted by atomic mass is 10.0. The minimum absolute atomic E-state index is 0.0439. The maximum absolute atomic E-state index is 12.8. The molecule has 0 aliphatic heterocycles. The summed E-state index contributed by atoms with van der Waals surface area (Å²) in [6, 6.07) is 13.0. The van der Waals surface area contributed by atoms with Gasteiger partial charge in [0, 0.05) is 16.1 Å². The van der Waals surface area contributed by atoms with Crippen LogP contribution in [0.3, 0.4) is 0 Å². The van der Waals surface area contributed by atoms with Gasteiger partial charge in [-0.05, 0) is 67.3 Å². The van der Waals surface area contributed by atoms with Crippen LogP contribution in [-0.2, 0) is 0 Å². The van der Waals surface area contributed by atoms with Gasteiger partial charge in [0.05, 0.1) is 8.80 Å². The quantitative estimate of drug-likeness (QED) is 0.567. The van der Waals surface area contributed by atoms with Gasteiger partial charge in [-0.1, -0.05) is 24.7 Å². The van der Waals surface area contributed by atoms with Gasteiger partial charge in [-0.2, -0.15) is 0 Å². The van der Waals surface area contributed by atoms with Crippen LogP contribution < -0.4 is 9.61 Å². The first kappa shape index (κ1) is 18.0. The summed E-state index contributed by atoms with van der Waals surface area (Å²) in [6.07, 6.45) is 0. The van der Waals surface area contributed by atoms with Gasteiger partial charge in [0.25, 0.3) is 0 Å². The Labute approximate surface area is 146 Å². The van der Waals surface area contributed by atoms with E-state index in [1.807, 2.05) is 36.4 Å². The molecule has 0 saturated heterocycles. The van der Waals surface area contributed by atoms with Crippen LogP contribution in [0.15, 0.2) is 42.5 Å². The summed E-state index contributed by atoms with van der Waals surface area (Å²) < 4.78 is 5.93. The van der Waals surface area contributed by atoms with Crippen molar-refractivity contribution in [2.24, 2.45) is 0 Å². The number of carbonyl (C=O) groups is 1. The highest BCUT2D eigenvalue weighted by atomic mass is 35.5. The predicted octanol–water partition coefficient (Wildman–Crippen LogP) is 4.75. The summed E-state index contributed by atoms with van der Waals surface area (Å²) in [5.41, 5.74) is 1.44. The molecule has 2 nitrogen and oxygen atoms in total. The van der Waals surface area contributed by atoms with E-state index in [1.165, 1.54) is 0 Å². The fraction of sp³-hybridized carbons (Fsp3) is 0.278. The van der Waals surface area contributed by atoms with E-state index in [0.717, 1.165) is 16.5 Å². The molecule has 5 heteroatoms. The van der Waals surface area contributed by atoms with Crippen LogP contribution in [0.2, 0.25) is 37.8 Å². The highest BCUT2D eigenvalue weighted by Crippen LogP contribution is 2.19. The molecule has 0 unspecified atom stereocenters. The van der Waals surface area contributed by atoms with Crippen molar-refractivity contribution in [3.63, 3.8) is 0 Å². The Hall–Kier alpha value is -1.37. The molecule has 0 heterocycles. The van der Waals surface area contributed by atoms with Crippen molar-refractivity contribution in [1.82, 2.24) is 0 Å². The van der Waals surface area contributed by atoms with E-state index in [4.69, 9.17) is 16.0 Å². The van der Waals surface area contributed by atoms with Crippen LogP contribution in [0, 0.1) is 0 Å². The van der Waals surface area contributed by atoms with Gasteiger partial charge in [-0.3, -0.25) is 4.79 Å². The average molecular weight is 362 g/mol. The van der Waals surface area contributed by atoms with Gasteiger partial charge < -0.3 is 4.43 Å². The minimum atomic E-state index is -1.63. The molecule has 0 aromatic heterocycles. The summed E-state index contributed by atoms with van der Waals surface area (Å²) in [5.74, 6) is 0.871. The molecule has 1 radical (unpaired) electrons. The van der Waals surface area contributed by atoms with Gasteiger partial charge in [0.2, 0.25) is 8.32 Å².